The van der Waals surface area contributed by atoms with E-state index in [1.54, 1.807) is 0 Å². The SMILES string of the molecule is CC/C=C\C/C=C\C/C=C\C/C=C\C/C=C\C/C=C\C/C=C\CCCC(=O)OC(CO)COCCCCCCCC/C=C\CCCCCCCCC. The number of esters is 1. The van der Waals surface area contributed by atoms with E-state index in [2.05, 4.69) is 111 Å². The van der Waals surface area contributed by atoms with Crippen LogP contribution in [0.4, 0.5) is 0 Å². The van der Waals surface area contributed by atoms with Crippen molar-refractivity contribution in [1.82, 2.24) is 0 Å². The second kappa shape index (κ2) is 44.5. The number of ether oxygens (including phenoxy) is 2. The van der Waals surface area contributed by atoms with Crippen molar-refractivity contribution >= 4 is 5.97 Å². The minimum Gasteiger partial charge on any atom is -0.457 e. The highest BCUT2D eigenvalue weighted by molar-refractivity contribution is 5.69. The largest absolute Gasteiger partial charge is 0.457 e. The zero-order valence-electron chi connectivity index (χ0n) is 33.8. The van der Waals surface area contributed by atoms with Crippen LogP contribution < -0.4 is 0 Å². The maximum atomic E-state index is 12.2. The molecule has 4 nitrogen and oxygen atoms in total. The summed E-state index contributed by atoms with van der Waals surface area (Å²) in [6.07, 6.45) is 63.2. The first-order chi connectivity index (χ1) is 25.7. The molecule has 0 bridgehead atoms. The zero-order chi connectivity index (χ0) is 37.7. The molecule has 296 valence electrons. The van der Waals surface area contributed by atoms with Crippen LogP contribution in [0.2, 0.25) is 0 Å². The Labute approximate surface area is 322 Å². The molecule has 0 amide bonds. The van der Waals surface area contributed by atoms with Gasteiger partial charge in [-0.05, 0) is 89.9 Å². The standard InChI is InChI=1S/C48H80O4/c1-3-5-7-9-11-13-15-17-19-21-22-23-24-25-26-27-29-31-33-35-37-39-41-43-48(50)52-47(45-49)46-51-44-42-40-38-36-34-32-30-28-20-18-16-14-12-10-8-6-4-2/h5,7,11,13,17,19-20,22-23,25-26,28-29,31,35,37,47,49H,3-4,6,8-10,12,14-16,18,21,24,27,30,32-34,36,38-46H2,1-2H3/b7-5-,13-11-,19-17-,23-22-,26-25-,28-20-,31-29-,37-35-. The topological polar surface area (TPSA) is 55.8 Å². The molecule has 0 aromatic heterocycles. The van der Waals surface area contributed by atoms with Crippen molar-refractivity contribution in [3.63, 3.8) is 0 Å². The van der Waals surface area contributed by atoms with Crippen LogP contribution >= 0.6 is 0 Å². The van der Waals surface area contributed by atoms with Gasteiger partial charge in [-0.2, -0.15) is 0 Å². The molecule has 0 saturated carbocycles. The Bertz CT molecular complexity index is 980. The van der Waals surface area contributed by atoms with Crippen LogP contribution in [0.1, 0.15) is 174 Å². The van der Waals surface area contributed by atoms with E-state index in [-0.39, 0.29) is 19.2 Å². The molecule has 1 atom stereocenters. The smallest absolute Gasteiger partial charge is 0.306 e. The summed E-state index contributed by atoms with van der Waals surface area (Å²) in [4.78, 5) is 12.2. The number of allylic oxidation sites excluding steroid dienone is 16. The van der Waals surface area contributed by atoms with E-state index in [1.165, 1.54) is 83.5 Å². The van der Waals surface area contributed by atoms with Crippen LogP contribution in [-0.2, 0) is 14.3 Å². The number of rotatable bonds is 38. The molecule has 4 heteroatoms. The Hall–Kier alpha value is -2.69. The molecule has 0 aliphatic rings. The van der Waals surface area contributed by atoms with Crippen LogP contribution in [0.5, 0.6) is 0 Å². The van der Waals surface area contributed by atoms with Crippen molar-refractivity contribution < 1.29 is 19.4 Å². The third-order valence-corrected chi connectivity index (χ3v) is 8.64. The Kier molecular flexibility index (Phi) is 42.2. The normalized spacial score (nSPS) is 13.4. The fraction of sp³-hybridized carbons (Fsp3) is 0.646. The van der Waals surface area contributed by atoms with Crippen molar-refractivity contribution in [3.05, 3.63) is 97.2 Å². The third-order valence-electron chi connectivity index (χ3n) is 8.64. The van der Waals surface area contributed by atoms with Crippen molar-refractivity contribution in [3.8, 4) is 0 Å². The zero-order valence-corrected chi connectivity index (χ0v) is 33.8. The number of hydrogen-bond acceptors (Lipinski definition) is 4. The summed E-state index contributed by atoms with van der Waals surface area (Å²) >= 11 is 0. The van der Waals surface area contributed by atoms with Gasteiger partial charge in [-0.3, -0.25) is 4.79 Å². The molecule has 0 saturated heterocycles. The van der Waals surface area contributed by atoms with Crippen LogP contribution in [-0.4, -0.2) is 37.0 Å². The number of aliphatic hydroxyl groups excluding tert-OH is 1. The van der Waals surface area contributed by atoms with Gasteiger partial charge in [0.25, 0.3) is 0 Å². The average Bonchev–Trinajstić information content (AvgIpc) is 3.15. The van der Waals surface area contributed by atoms with Gasteiger partial charge in [0.15, 0.2) is 0 Å². The molecule has 0 fully saturated rings. The molecule has 1 unspecified atom stereocenters. The highest BCUT2D eigenvalue weighted by Gasteiger charge is 2.13. The molecule has 0 aliphatic heterocycles. The van der Waals surface area contributed by atoms with Gasteiger partial charge in [0.1, 0.15) is 6.10 Å². The maximum Gasteiger partial charge on any atom is 0.306 e. The van der Waals surface area contributed by atoms with E-state index in [0.717, 1.165) is 70.6 Å². The molecule has 1 N–H and O–H groups in total. The summed E-state index contributed by atoms with van der Waals surface area (Å²) in [5, 5.41) is 9.59. The maximum absolute atomic E-state index is 12.2. The fourth-order valence-corrected chi connectivity index (χ4v) is 5.49. The van der Waals surface area contributed by atoms with Crippen molar-refractivity contribution in [2.24, 2.45) is 0 Å². The number of carbonyl (C=O) groups excluding carboxylic acids is 1. The van der Waals surface area contributed by atoms with E-state index in [0.29, 0.717) is 13.0 Å². The van der Waals surface area contributed by atoms with Crippen LogP contribution in [0.15, 0.2) is 97.2 Å². The molecule has 0 heterocycles. The highest BCUT2D eigenvalue weighted by Crippen LogP contribution is 2.11. The van der Waals surface area contributed by atoms with Gasteiger partial charge in [0.05, 0.1) is 13.2 Å². The van der Waals surface area contributed by atoms with Crippen LogP contribution in [0, 0.1) is 0 Å². The molecule has 0 radical (unpaired) electrons. The Morgan fingerprint density at radius 2 is 0.865 bits per heavy atom. The van der Waals surface area contributed by atoms with Gasteiger partial charge >= 0.3 is 5.97 Å². The first kappa shape index (κ1) is 49.3. The number of unbranched alkanes of at least 4 members (excludes halogenated alkanes) is 14. The minimum absolute atomic E-state index is 0.203. The van der Waals surface area contributed by atoms with Gasteiger partial charge < -0.3 is 14.6 Å². The summed E-state index contributed by atoms with van der Waals surface area (Å²) < 4.78 is 11.1. The van der Waals surface area contributed by atoms with E-state index in [1.807, 2.05) is 0 Å². The molecule has 0 aromatic carbocycles. The molecule has 0 aliphatic carbocycles. The van der Waals surface area contributed by atoms with E-state index >= 15 is 0 Å². The summed E-state index contributed by atoms with van der Waals surface area (Å²) in [6.45, 7) is 5.14. The number of hydrogen-bond donors (Lipinski definition) is 1. The summed E-state index contributed by atoms with van der Waals surface area (Å²) in [5.74, 6) is -0.263. The second-order valence-corrected chi connectivity index (χ2v) is 13.7. The van der Waals surface area contributed by atoms with Crippen molar-refractivity contribution in [2.45, 2.75) is 180 Å². The molecule has 0 rings (SSSR count). The first-order valence-electron chi connectivity index (χ1n) is 21.3. The first-order valence-corrected chi connectivity index (χ1v) is 21.3. The monoisotopic (exact) mass is 721 g/mol. The molecule has 0 spiro atoms. The molecule has 0 aromatic rings. The molecular weight excluding hydrogens is 641 g/mol. The van der Waals surface area contributed by atoms with E-state index in [4.69, 9.17) is 9.47 Å². The third kappa shape index (κ3) is 41.7. The van der Waals surface area contributed by atoms with Gasteiger partial charge in [0.2, 0.25) is 0 Å². The lowest BCUT2D eigenvalue weighted by atomic mass is 10.1. The summed E-state index contributed by atoms with van der Waals surface area (Å²) in [6, 6.07) is 0. The number of carbonyl (C=O) groups is 1. The van der Waals surface area contributed by atoms with Gasteiger partial charge in [-0.15, -0.1) is 0 Å². The van der Waals surface area contributed by atoms with E-state index in [9.17, 15) is 9.90 Å². The summed E-state index contributed by atoms with van der Waals surface area (Å²) in [7, 11) is 0. The highest BCUT2D eigenvalue weighted by atomic mass is 16.6. The van der Waals surface area contributed by atoms with Gasteiger partial charge in [0, 0.05) is 13.0 Å². The Morgan fingerprint density at radius 1 is 0.481 bits per heavy atom. The predicted molar refractivity (Wildman–Crippen MR) is 228 cm³/mol. The average molecular weight is 721 g/mol. The molecule has 52 heavy (non-hydrogen) atoms. The predicted octanol–water partition coefficient (Wildman–Crippen LogP) is 14.1. The van der Waals surface area contributed by atoms with Crippen LogP contribution in [0.3, 0.4) is 0 Å². The minimum atomic E-state index is -0.574. The molecular formula is C48H80O4. The Morgan fingerprint density at radius 3 is 1.33 bits per heavy atom. The van der Waals surface area contributed by atoms with Gasteiger partial charge in [-0.25, -0.2) is 0 Å². The number of aliphatic hydroxyl groups is 1. The van der Waals surface area contributed by atoms with E-state index < -0.39 is 6.10 Å². The quantitative estimate of drug-likeness (QED) is 0.0392. The van der Waals surface area contributed by atoms with Crippen molar-refractivity contribution in [1.29, 1.82) is 0 Å². The lowest BCUT2D eigenvalue weighted by Crippen LogP contribution is -2.27. The lowest BCUT2D eigenvalue weighted by molar-refractivity contribution is -0.154. The Balaban J connectivity index is 3.62. The van der Waals surface area contributed by atoms with Crippen molar-refractivity contribution in [2.75, 3.05) is 19.8 Å². The second-order valence-electron chi connectivity index (χ2n) is 13.7. The van der Waals surface area contributed by atoms with Gasteiger partial charge in [-0.1, -0.05) is 175 Å². The van der Waals surface area contributed by atoms with Crippen LogP contribution in [0.25, 0.3) is 0 Å². The summed E-state index contributed by atoms with van der Waals surface area (Å²) in [5.41, 5.74) is 0. The fourth-order valence-electron chi connectivity index (χ4n) is 5.49. The lowest BCUT2D eigenvalue weighted by Gasteiger charge is -2.15.